The number of carboxylic acids is 1. The van der Waals surface area contributed by atoms with Gasteiger partial charge in [-0.2, -0.15) is 0 Å². The van der Waals surface area contributed by atoms with Crippen LogP contribution in [0.25, 0.3) is 0 Å². The minimum absolute atomic E-state index is 0.00700. The zero-order valence-corrected chi connectivity index (χ0v) is 22.9. The van der Waals surface area contributed by atoms with Crippen LogP contribution < -0.4 is 4.74 Å². The van der Waals surface area contributed by atoms with Crippen LogP contribution >= 0.6 is 34.8 Å². The van der Waals surface area contributed by atoms with Gasteiger partial charge in [-0.25, -0.2) is 4.79 Å². The average Bonchev–Trinajstić information content (AvgIpc) is 3.80. The lowest BCUT2D eigenvalue weighted by Gasteiger charge is -2.18. The molecule has 0 aliphatic heterocycles. The van der Waals surface area contributed by atoms with Crippen LogP contribution in [0.3, 0.4) is 0 Å². The van der Waals surface area contributed by atoms with E-state index < -0.39 is 5.97 Å². The first kappa shape index (κ1) is 26.6. The van der Waals surface area contributed by atoms with Crippen molar-refractivity contribution in [2.45, 2.75) is 37.5 Å². The van der Waals surface area contributed by atoms with Gasteiger partial charge in [-0.15, -0.1) is 0 Å². The molecule has 2 aliphatic carbocycles. The highest BCUT2D eigenvalue weighted by Crippen LogP contribution is 2.61. The summed E-state index contributed by atoms with van der Waals surface area (Å²) in [5.74, 6) is -0.138. The van der Waals surface area contributed by atoms with Crippen LogP contribution in [0.2, 0.25) is 15.1 Å². The topological polar surface area (TPSA) is 90.6 Å². The lowest BCUT2D eigenvalue weighted by molar-refractivity contribution is 0.0696. The molecule has 5 rings (SSSR count). The van der Waals surface area contributed by atoms with Crippen LogP contribution in [0.4, 0.5) is 0 Å². The van der Waals surface area contributed by atoms with Gasteiger partial charge in [-0.05, 0) is 72.7 Å². The Morgan fingerprint density at radius 1 is 1.00 bits per heavy atom. The third-order valence-corrected chi connectivity index (χ3v) is 8.44. The molecular weight excluding hydrogens is 545 g/mol. The predicted octanol–water partition coefficient (Wildman–Crippen LogP) is 8.46. The molecule has 0 saturated heterocycles. The second-order valence-electron chi connectivity index (χ2n) is 10.1. The molecule has 8 heteroatoms. The number of nitrogens with one attached hydrogen (secondary N) is 1. The second-order valence-corrected chi connectivity index (χ2v) is 11.4. The van der Waals surface area contributed by atoms with Crippen molar-refractivity contribution in [3.63, 3.8) is 0 Å². The standard InChI is InChI=1S/C30H26Cl3NO4/c1-30(14-22(30)17-4-2-5-18(12-17)29(36)37)21-11-10-19(13-25(21)33)38-15-20(28(35)16-8-9-16)27(34)26-23(31)6-3-7-24(26)32/h2-7,10-13,16,22,34-35H,8-9,14-15H2,1H3,(H,36,37)/b28-20-,34-27?. The lowest BCUT2D eigenvalue weighted by Crippen LogP contribution is -2.16. The van der Waals surface area contributed by atoms with E-state index in [-0.39, 0.29) is 40.9 Å². The molecule has 2 saturated carbocycles. The summed E-state index contributed by atoms with van der Waals surface area (Å²) < 4.78 is 6.02. The maximum absolute atomic E-state index is 11.4. The van der Waals surface area contributed by atoms with Crippen LogP contribution in [-0.2, 0) is 5.41 Å². The molecule has 3 aromatic rings. The van der Waals surface area contributed by atoms with E-state index in [4.69, 9.17) is 44.9 Å². The Morgan fingerprint density at radius 3 is 2.32 bits per heavy atom. The summed E-state index contributed by atoms with van der Waals surface area (Å²) in [6.07, 6.45) is 2.57. The minimum atomic E-state index is -0.945. The van der Waals surface area contributed by atoms with E-state index in [0.717, 1.165) is 30.4 Å². The Bertz CT molecular complexity index is 1460. The normalized spacial score (nSPS) is 21.0. The van der Waals surface area contributed by atoms with E-state index in [2.05, 4.69) is 6.92 Å². The number of aliphatic hydroxyl groups is 1. The van der Waals surface area contributed by atoms with Crippen molar-refractivity contribution in [3.8, 4) is 5.75 Å². The molecule has 3 aromatic carbocycles. The fourth-order valence-electron chi connectivity index (χ4n) is 5.01. The number of carbonyl (C=O) groups is 1. The molecule has 3 N–H and O–H groups in total. The molecule has 0 spiro atoms. The Morgan fingerprint density at radius 2 is 1.68 bits per heavy atom. The SMILES string of the molecule is CC1(c2ccc(OC/C(C(=N)c3c(Cl)cccc3Cl)=C(/O)C3CC3)cc2Cl)CC1c1cccc(C(=O)O)c1. The van der Waals surface area contributed by atoms with Gasteiger partial charge in [0.2, 0.25) is 0 Å². The molecule has 0 radical (unpaired) electrons. The van der Waals surface area contributed by atoms with E-state index in [0.29, 0.717) is 32.0 Å². The Kier molecular flexibility index (Phi) is 7.21. The van der Waals surface area contributed by atoms with Crippen molar-refractivity contribution in [3.05, 3.63) is 109 Å². The summed E-state index contributed by atoms with van der Waals surface area (Å²) in [7, 11) is 0. The number of ether oxygens (including phenoxy) is 1. The summed E-state index contributed by atoms with van der Waals surface area (Å²) in [4.78, 5) is 11.4. The Balaban J connectivity index is 1.35. The second kappa shape index (κ2) is 10.3. The van der Waals surface area contributed by atoms with E-state index in [1.165, 1.54) is 0 Å². The molecule has 2 fully saturated rings. The van der Waals surface area contributed by atoms with Crippen molar-refractivity contribution in [1.29, 1.82) is 5.41 Å². The molecule has 196 valence electrons. The van der Waals surface area contributed by atoms with Gasteiger partial charge < -0.3 is 14.9 Å². The number of rotatable bonds is 9. The van der Waals surface area contributed by atoms with E-state index >= 15 is 0 Å². The summed E-state index contributed by atoms with van der Waals surface area (Å²) in [5, 5.41) is 30.2. The van der Waals surface area contributed by atoms with Gasteiger partial charge in [0.25, 0.3) is 0 Å². The summed E-state index contributed by atoms with van der Waals surface area (Å²) in [6.45, 7) is 2.08. The molecule has 0 amide bonds. The van der Waals surface area contributed by atoms with Crippen LogP contribution in [0.15, 0.2) is 72.0 Å². The Hall–Kier alpha value is -2.99. The molecule has 0 heterocycles. The van der Waals surface area contributed by atoms with Gasteiger partial charge in [0.15, 0.2) is 0 Å². The van der Waals surface area contributed by atoms with Crippen LogP contribution in [0, 0.1) is 11.3 Å². The first-order valence-corrected chi connectivity index (χ1v) is 13.4. The van der Waals surface area contributed by atoms with Crippen LogP contribution in [0.5, 0.6) is 5.75 Å². The number of hydrogen-bond acceptors (Lipinski definition) is 4. The highest BCUT2D eigenvalue weighted by Gasteiger charge is 2.53. The van der Waals surface area contributed by atoms with Crippen molar-refractivity contribution in [1.82, 2.24) is 0 Å². The lowest BCUT2D eigenvalue weighted by atomic mass is 9.92. The summed E-state index contributed by atoms with van der Waals surface area (Å²) in [5.41, 5.74) is 2.73. The van der Waals surface area contributed by atoms with Crippen LogP contribution in [0.1, 0.15) is 59.2 Å². The zero-order valence-electron chi connectivity index (χ0n) is 20.6. The number of aromatic carboxylic acids is 1. The van der Waals surface area contributed by atoms with E-state index in [9.17, 15) is 15.0 Å². The molecule has 0 bridgehead atoms. The molecule has 0 aromatic heterocycles. The first-order chi connectivity index (χ1) is 18.1. The third kappa shape index (κ3) is 5.15. The van der Waals surface area contributed by atoms with Crippen LogP contribution in [-0.4, -0.2) is 28.5 Å². The number of benzene rings is 3. The predicted molar refractivity (Wildman–Crippen MR) is 151 cm³/mol. The number of allylic oxidation sites excluding steroid dienone is 1. The van der Waals surface area contributed by atoms with Crippen molar-refractivity contribution in [2.24, 2.45) is 5.92 Å². The van der Waals surface area contributed by atoms with Gasteiger partial charge >= 0.3 is 5.97 Å². The molecular formula is C30H26Cl3NO4. The summed E-state index contributed by atoms with van der Waals surface area (Å²) in [6, 6.07) is 17.6. The fraction of sp³-hybridized carbons (Fsp3) is 0.267. The molecule has 2 unspecified atom stereocenters. The smallest absolute Gasteiger partial charge is 0.335 e. The van der Waals surface area contributed by atoms with Gasteiger partial charge in [0.1, 0.15) is 18.1 Å². The number of hydrogen-bond donors (Lipinski definition) is 3. The van der Waals surface area contributed by atoms with Crippen molar-refractivity contribution < 1.29 is 19.7 Å². The van der Waals surface area contributed by atoms with Gasteiger partial charge in [-0.3, -0.25) is 5.41 Å². The van der Waals surface area contributed by atoms with Crippen molar-refractivity contribution in [2.75, 3.05) is 6.61 Å². The Labute approximate surface area is 236 Å². The monoisotopic (exact) mass is 569 g/mol. The molecule has 2 aliphatic rings. The quantitative estimate of drug-likeness (QED) is 0.178. The van der Waals surface area contributed by atoms with E-state index in [1.807, 2.05) is 18.2 Å². The summed E-state index contributed by atoms with van der Waals surface area (Å²) >= 11 is 19.4. The van der Waals surface area contributed by atoms with Gasteiger partial charge in [0.05, 0.1) is 26.9 Å². The van der Waals surface area contributed by atoms with Gasteiger partial charge in [0, 0.05) is 21.9 Å². The molecule has 5 nitrogen and oxygen atoms in total. The van der Waals surface area contributed by atoms with E-state index in [1.54, 1.807) is 42.5 Å². The maximum atomic E-state index is 11.4. The highest BCUT2D eigenvalue weighted by molar-refractivity contribution is 6.41. The maximum Gasteiger partial charge on any atom is 0.335 e. The fourth-order valence-corrected chi connectivity index (χ4v) is 5.98. The number of carboxylic acid groups (broad SMARTS) is 1. The largest absolute Gasteiger partial charge is 0.512 e. The molecule has 2 atom stereocenters. The minimum Gasteiger partial charge on any atom is -0.512 e. The number of aliphatic hydroxyl groups excluding tert-OH is 1. The molecule has 38 heavy (non-hydrogen) atoms. The number of halogens is 3. The average molecular weight is 571 g/mol. The van der Waals surface area contributed by atoms with Gasteiger partial charge in [-0.1, -0.05) is 66.0 Å². The zero-order chi connectivity index (χ0) is 27.2. The third-order valence-electron chi connectivity index (χ3n) is 7.50. The first-order valence-electron chi connectivity index (χ1n) is 12.3. The van der Waals surface area contributed by atoms with Crippen molar-refractivity contribution >= 4 is 46.5 Å². The highest BCUT2D eigenvalue weighted by atomic mass is 35.5.